The van der Waals surface area contributed by atoms with E-state index in [0.29, 0.717) is 5.75 Å². The Morgan fingerprint density at radius 2 is 1.86 bits per heavy atom. The molecule has 0 amide bonds. The van der Waals surface area contributed by atoms with Crippen molar-refractivity contribution in [3.63, 3.8) is 0 Å². The number of hydrogen-bond donors (Lipinski definition) is 1. The van der Waals surface area contributed by atoms with Gasteiger partial charge in [-0.25, -0.2) is 5.09 Å². The van der Waals surface area contributed by atoms with Crippen LogP contribution in [-0.2, 0) is 14.1 Å². The van der Waals surface area contributed by atoms with E-state index in [4.69, 9.17) is 9.26 Å². The Bertz CT molecular complexity index is 510. The van der Waals surface area contributed by atoms with Crippen molar-refractivity contribution in [2.45, 2.75) is 45.8 Å². The number of carbonyl (C=O) groups is 1. The van der Waals surface area contributed by atoms with Crippen molar-refractivity contribution in [2.75, 3.05) is 6.61 Å². The molecule has 1 rings (SSSR count). The molecular weight excluding hydrogens is 289 g/mol. The summed E-state index contributed by atoms with van der Waals surface area (Å²) in [6.07, 6.45) is 0. The van der Waals surface area contributed by atoms with E-state index in [1.165, 1.54) is 0 Å². The highest BCUT2D eigenvalue weighted by molar-refractivity contribution is 7.59. The highest BCUT2D eigenvalue weighted by atomic mass is 31.2. The fourth-order valence-corrected chi connectivity index (χ4v) is 3.31. The van der Waals surface area contributed by atoms with Crippen molar-refractivity contribution in [1.29, 1.82) is 0 Å². The summed E-state index contributed by atoms with van der Waals surface area (Å²) in [5.74, 6) is 0.0537. The summed E-state index contributed by atoms with van der Waals surface area (Å²) in [5, 5.41) is 2.16. The van der Waals surface area contributed by atoms with Crippen molar-refractivity contribution in [3.05, 3.63) is 30.3 Å². The molecular formula is C15H24NO4P. The van der Waals surface area contributed by atoms with E-state index in [9.17, 15) is 9.36 Å². The van der Waals surface area contributed by atoms with E-state index in [2.05, 4.69) is 5.09 Å². The van der Waals surface area contributed by atoms with E-state index in [1.807, 2.05) is 26.8 Å². The third-order valence-electron chi connectivity index (χ3n) is 2.86. The summed E-state index contributed by atoms with van der Waals surface area (Å²) in [5.41, 5.74) is 0. The zero-order valence-electron chi connectivity index (χ0n) is 13.3. The zero-order chi connectivity index (χ0) is 16.1. The van der Waals surface area contributed by atoms with Gasteiger partial charge in [0.1, 0.15) is 11.8 Å². The molecule has 0 saturated carbocycles. The maximum Gasteiger partial charge on any atom is 0.323 e. The van der Waals surface area contributed by atoms with E-state index in [1.54, 1.807) is 38.1 Å². The number of rotatable bonds is 6. The Morgan fingerprint density at radius 3 is 2.33 bits per heavy atom. The zero-order valence-corrected chi connectivity index (χ0v) is 14.1. The lowest BCUT2D eigenvalue weighted by Crippen LogP contribution is -2.39. The normalized spacial score (nSPS) is 15.9. The molecule has 0 radical (unpaired) electrons. The first-order valence-electron chi connectivity index (χ1n) is 6.99. The molecule has 2 atom stereocenters. The molecule has 0 aliphatic rings. The van der Waals surface area contributed by atoms with Gasteiger partial charge in [0, 0.05) is 0 Å². The van der Waals surface area contributed by atoms with Crippen molar-refractivity contribution in [3.8, 4) is 5.75 Å². The van der Waals surface area contributed by atoms with Gasteiger partial charge in [-0.05, 0) is 46.8 Å². The molecule has 0 fully saturated rings. The minimum atomic E-state index is -3.31. The topological polar surface area (TPSA) is 64.6 Å². The maximum absolute atomic E-state index is 13.2. The molecule has 0 heterocycles. The molecule has 0 aromatic heterocycles. The number of esters is 1. The summed E-state index contributed by atoms with van der Waals surface area (Å²) >= 11 is 0. The largest absolute Gasteiger partial charge is 0.465 e. The number of carbonyl (C=O) groups excluding carboxylic acids is 1. The van der Waals surface area contributed by atoms with Crippen LogP contribution in [0.2, 0.25) is 0 Å². The summed E-state index contributed by atoms with van der Waals surface area (Å²) in [6.45, 7) is 9.05. The molecule has 5 nitrogen and oxygen atoms in total. The second kappa shape index (κ2) is 7.10. The molecule has 0 saturated heterocycles. The van der Waals surface area contributed by atoms with Crippen LogP contribution in [0.1, 0.15) is 34.6 Å². The highest BCUT2D eigenvalue weighted by Gasteiger charge is 2.41. The molecule has 1 aromatic rings. The lowest BCUT2D eigenvalue weighted by Gasteiger charge is -2.32. The fraction of sp³-hybridized carbons (Fsp3) is 0.533. The minimum Gasteiger partial charge on any atom is -0.465 e. The molecule has 21 heavy (non-hydrogen) atoms. The number of benzene rings is 1. The standard InChI is InChI=1S/C15H24NO4P/c1-6-19-14(17)12(2)16-21(18,15(3,4)5)20-13-10-8-7-9-11-13/h7-12H,6H2,1-5H3,(H,16,18)/t12-,21-/m0/s1. The smallest absolute Gasteiger partial charge is 0.323 e. The number of para-hydroxylation sites is 1. The van der Waals surface area contributed by atoms with Crippen molar-refractivity contribution in [1.82, 2.24) is 5.09 Å². The van der Waals surface area contributed by atoms with Gasteiger partial charge in [0.15, 0.2) is 0 Å². The van der Waals surface area contributed by atoms with Crippen LogP contribution in [0, 0.1) is 0 Å². The predicted molar refractivity (Wildman–Crippen MR) is 83.7 cm³/mol. The molecule has 0 bridgehead atoms. The first kappa shape index (κ1) is 17.7. The molecule has 6 heteroatoms. The molecule has 0 spiro atoms. The van der Waals surface area contributed by atoms with Crippen LogP contribution in [0.4, 0.5) is 0 Å². The van der Waals surface area contributed by atoms with Crippen LogP contribution >= 0.6 is 7.52 Å². The van der Waals surface area contributed by atoms with Gasteiger partial charge < -0.3 is 9.26 Å². The van der Waals surface area contributed by atoms with Crippen molar-refractivity contribution < 1.29 is 18.6 Å². The van der Waals surface area contributed by atoms with Crippen molar-refractivity contribution >= 4 is 13.5 Å². The Balaban J connectivity index is 2.95. The lowest BCUT2D eigenvalue weighted by molar-refractivity contribution is -0.144. The minimum absolute atomic E-state index is 0.282. The Kier molecular flexibility index (Phi) is 5.99. The predicted octanol–water partition coefficient (Wildman–Crippen LogP) is 3.60. The summed E-state index contributed by atoms with van der Waals surface area (Å²) in [7, 11) is -3.31. The van der Waals surface area contributed by atoms with Gasteiger partial charge in [-0.2, -0.15) is 0 Å². The van der Waals surface area contributed by atoms with E-state index >= 15 is 0 Å². The molecule has 0 aliphatic heterocycles. The number of ether oxygens (including phenoxy) is 1. The summed E-state index contributed by atoms with van der Waals surface area (Å²) < 4.78 is 23.8. The van der Waals surface area contributed by atoms with Gasteiger partial charge in [0.2, 0.25) is 0 Å². The van der Waals surface area contributed by atoms with Gasteiger partial charge >= 0.3 is 13.5 Å². The van der Waals surface area contributed by atoms with Crippen LogP contribution < -0.4 is 9.61 Å². The SMILES string of the molecule is CCOC(=O)[C@H](C)N[P@@](=O)(Oc1ccccc1)C(C)(C)C. The first-order valence-corrected chi connectivity index (χ1v) is 8.61. The van der Waals surface area contributed by atoms with Crippen LogP contribution in [0.3, 0.4) is 0 Å². The Morgan fingerprint density at radius 1 is 1.29 bits per heavy atom. The third-order valence-corrected chi connectivity index (χ3v) is 5.83. The van der Waals surface area contributed by atoms with Gasteiger partial charge in [-0.3, -0.25) is 9.36 Å². The second-order valence-corrected chi connectivity index (χ2v) is 8.61. The average molecular weight is 313 g/mol. The third kappa shape index (κ3) is 4.87. The Labute approximate surface area is 126 Å². The van der Waals surface area contributed by atoms with Gasteiger partial charge in [-0.1, -0.05) is 18.2 Å². The van der Waals surface area contributed by atoms with Crippen molar-refractivity contribution in [2.24, 2.45) is 0 Å². The Hall–Kier alpha value is -1.32. The fourth-order valence-electron chi connectivity index (χ4n) is 1.56. The first-order chi connectivity index (χ1) is 9.69. The summed E-state index contributed by atoms with van der Waals surface area (Å²) in [4.78, 5) is 11.7. The van der Waals surface area contributed by atoms with Crippen LogP contribution in [0.25, 0.3) is 0 Å². The molecule has 0 unspecified atom stereocenters. The lowest BCUT2D eigenvalue weighted by atomic mass is 10.3. The number of hydrogen-bond acceptors (Lipinski definition) is 4. The maximum atomic E-state index is 13.2. The number of nitrogens with one attached hydrogen (secondary N) is 1. The molecule has 1 aromatic carbocycles. The van der Waals surface area contributed by atoms with Gasteiger partial charge in [-0.15, -0.1) is 0 Å². The van der Waals surface area contributed by atoms with Gasteiger partial charge in [0.05, 0.1) is 11.8 Å². The monoisotopic (exact) mass is 313 g/mol. The average Bonchev–Trinajstić information content (AvgIpc) is 2.38. The summed E-state index contributed by atoms with van der Waals surface area (Å²) in [6, 6.07) is 8.21. The molecule has 0 aliphatic carbocycles. The van der Waals surface area contributed by atoms with E-state index in [-0.39, 0.29) is 6.61 Å². The highest BCUT2D eigenvalue weighted by Crippen LogP contribution is 2.55. The van der Waals surface area contributed by atoms with Crippen LogP contribution in [0.5, 0.6) is 5.75 Å². The van der Waals surface area contributed by atoms with E-state index < -0.39 is 24.7 Å². The van der Waals surface area contributed by atoms with Crippen LogP contribution in [0.15, 0.2) is 30.3 Å². The second-order valence-electron chi connectivity index (χ2n) is 5.73. The molecule has 1 N–H and O–H groups in total. The quantitative estimate of drug-likeness (QED) is 0.642. The molecule has 118 valence electrons. The van der Waals surface area contributed by atoms with Crippen LogP contribution in [-0.4, -0.2) is 23.8 Å². The van der Waals surface area contributed by atoms with E-state index in [0.717, 1.165) is 0 Å². The van der Waals surface area contributed by atoms with Gasteiger partial charge in [0.25, 0.3) is 0 Å².